The highest BCUT2D eigenvalue weighted by molar-refractivity contribution is 5.94. The Balaban J connectivity index is 2.19. The molecule has 6 nitrogen and oxygen atoms in total. The average Bonchev–Trinajstić information content (AvgIpc) is 2.59. The lowest BCUT2D eigenvalue weighted by Crippen LogP contribution is -2.40. The van der Waals surface area contributed by atoms with Crippen LogP contribution in [-0.4, -0.2) is 28.2 Å². The van der Waals surface area contributed by atoms with Crippen LogP contribution in [0.15, 0.2) is 54.6 Å². The number of benzene rings is 2. The number of hydrogen-bond acceptors (Lipinski definition) is 3. The zero-order valence-electron chi connectivity index (χ0n) is 13.7. The molecule has 0 aliphatic rings. The molecule has 0 radical (unpaired) electrons. The normalized spacial score (nSPS) is 12.8. The summed E-state index contributed by atoms with van der Waals surface area (Å²) in [6.45, 7) is 1.40. The molecule has 3 N–H and O–H groups in total. The molecule has 130 valence electrons. The first-order chi connectivity index (χ1) is 11.9. The molecule has 2 rings (SSSR count). The van der Waals surface area contributed by atoms with Crippen LogP contribution in [0.2, 0.25) is 0 Å². The van der Waals surface area contributed by atoms with Gasteiger partial charge in [0.05, 0.1) is 11.8 Å². The molecular formula is C19H19NO5. The van der Waals surface area contributed by atoms with Gasteiger partial charge in [-0.05, 0) is 23.1 Å². The maximum absolute atomic E-state index is 12.0. The lowest BCUT2D eigenvalue weighted by Gasteiger charge is -2.19. The molecule has 2 aromatic rings. The molecule has 25 heavy (non-hydrogen) atoms. The van der Waals surface area contributed by atoms with Crippen molar-refractivity contribution in [2.24, 2.45) is 11.8 Å². The van der Waals surface area contributed by atoms with Gasteiger partial charge >= 0.3 is 12.1 Å². The minimum Gasteiger partial charge on any atom is -0.481 e. The fraction of sp³-hybridized carbons (Fsp3) is 0.211. The van der Waals surface area contributed by atoms with Gasteiger partial charge in [0, 0.05) is 0 Å². The van der Waals surface area contributed by atoms with E-state index in [9.17, 15) is 19.5 Å². The van der Waals surface area contributed by atoms with Crippen molar-refractivity contribution in [2.45, 2.75) is 13.3 Å². The van der Waals surface area contributed by atoms with Crippen molar-refractivity contribution < 1.29 is 24.6 Å². The highest BCUT2D eigenvalue weighted by Crippen LogP contribution is 2.23. The van der Waals surface area contributed by atoms with Crippen molar-refractivity contribution in [3.63, 3.8) is 0 Å². The molecule has 0 aliphatic carbocycles. The third-order valence-corrected chi connectivity index (χ3v) is 4.08. The Morgan fingerprint density at radius 2 is 1.48 bits per heavy atom. The van der Waals surface area contributed by atoms with Crippen LogP contribution in [0.4, 0.5) is 4.79 Å². The number of rotatable bonds is 6. The summed E-state index contributed by atoms with van der Waals surface area (Å²) >= 11 is 0. The molecule has 0 aromatic heterocycles. The summed E-state index contributed by atoms with van der Waals surface area (Å²) in [7, 11) is 0. The first-order valence-electron chi connectivity index (χ1n) is 7.79. The number of carbonyl (C=O) groups excluding carboxylic acids is 1. The van der Waals surface area contributed by atoms with Crippen molar-refractivity contribution in [2.75, 3.05) is 0 Å². The molecule has 6 heteroatoms. The molecule has 2 atom stereocenters. The second-order valence-corrected chi connectivity index (χ2v) is 5.79. The summed E-state index contributed by atoms with van der Waals surface area (Å²) in [5.41, 5.74) is 2.81. The zero-order chi connectivity index (χ0) is 18.4. The van der Waals surface area contributed by atoms with Gasteiger partial charge in [-0.15, -0.1) is 0 Å². The van der Waals surface area contributed by atoms with Crippen molar-refractivity contribution in [1.29, 1.82) is 0 Å². The summed E-state index contributed by atoms with van der Waals surface area (Å²) in [4.78, 5) is 34.0. The van der Waals surface area contributed by atoms with E-state index in [0.717, 1.165) is 16.7 Å². The Bertz CT molecular complexity index is 755. The number of aliphatic carboxylic acids is 1. The van der Waals surface area contributed by atoms with E-state index in [2.05, 4.69) is 0 Å². The Kier molecular flexibility index (Phi) is 5.89. The van der Waals surface area contributed by atoms with Crippen LogP contribution in [-0.2, 0) is 16.0 Å². The summed E-state index contributed by atoms with van der Waals surface area (Å²) in [6.07, 6.45) is -1.35. The van der Waals surface area contributed by atoms with Gasteiger partial charge in [0.25, 0.3) is 0 Å². The maximum Gasteiger partial charge on any atom is 0.411 e. The number of imide groups is 1. The molecule has 0 saturated carbocycles. The van der Waals surface area contributed by atoms with E-state index in [1.165, 1.54) is 6.92 Å². The SMILES string of the molecule is C[C@@H](C(=O)O)C(Cc1ccc(-c2ccccc2)cc1)C(=O)NC(=O)O. The Hall–Kier alpha value is -3.15. The second kappa shape index (κ2) is 8.10. The molecule has 2 amide bonds. The predicted octanol–water partition coefficient (Wildman–Crippen LogP) is 3.03. The highest BCUT2D eigenvalue weighted by Gasteiger charge is 2.31. The predicted molar refractivity (Wildman–Crippen MR) is 92.0 cm³/mol. The van der Waals surface area contributed by atoms with Gasteiger partial charge in [-0.25, -0.2) is 4.79 Å². The Morgan fingerprint density at radius 1 is 0.920 bits per heavy atom. The maximum atomic E-state index is 12.0. The van der Waals surface area contributed by atoms with E-state index in [1.807, 2.05) is 54.6 Å². The number of amides is 2. The van der Waals surface area contributed by atoms with Gasteiger partial charge in [0.1, 0.15) is 0 Å². The van der Waals surface area contributed by atoms with E-state index in [1.54, 1.807) is 5.32 Å². The molecular weight excluding hydrogens is 322 g/mol. The number of carbonyl (C=O) groups is 3. The van der Waals surface area contributed by atoms with E-state index in [4.69, 9.17) is 5.11 Å². The molecule has 0 spiro atoms. The fourth-order valence-corrected chi connectivity index (χ4v) is 2.58. The van der Waals surface area contributed by atoms with Crippen LogP contribution in [0.5, 0.6) is 0 Å². The molecule has 0 heterocycles. The molecule has 0 saturated heterocycles. The standard InChI is InChI=1S/C19H19NO5/c1-12(18(22)23)16(17(21)20-19(24)25)11-13-7-9-15(10-8-13)14-5-3-2-4-6-14/h2-10,12,16H,11H2,1H3,(H,20,21)(H,22,23)(H,24,25)/t12-,16?/m1/s1. The van der Waals surface area contributed by atoms with Gasteiger partial charge in [-0.2, -0.15) is 0 Å². The monoisotopic (exact) mass is 341 g/mol. The second-order valence-electron chi connectivity index (χ2n) is 5.79. The average molecular weight is 341 g/mol. The smallest absolute Gasteiger partial charge is 0.411 e. The summed E-state index contributed by atoms with van der Waals surface area (Å²) < 4.78 is 0. The lowest BCUT2D eigenvalue weighted by molar-refractivity contribution is -0.146. The lowest BCUT2D eigenvalue weighted by atomic mass is 9.87. The minimum atomic E-state index is -1.49. The quantitative estimate of drug-likeness (QED) is 0.749. The van der Waals surface area contributed by atoms with Gasteiger partial charge in [0.15, 0.2) is 0 Å². The first-order valence-corrected chi connectivity index (χ1v) is 7.79. The molecule has 0 fully saturated rings. The van der Waals surface area contributed by atoms with Gasteiger partial charge < -0.3 is 10.2 Å². The van der Waals surface area contributed by atoms with E-state index in [-0.39, 0.29) is 6.42 Å². The van der Waals surface area contributed by atoms with Gasteiger partial charge in [-0.1, -0.05) is 61.5 Å². The van der Waals surface area contributed by atoms with Crippen LogP contribution < -0.4 is 5.32 Å². The number of hydrogen-bond donors (Lipinski definition) is 3. The molecule has 0 aliphatic heterocycles. The first kappa shape index (κ1) is 18.2. The third-order valence-electron chi connectivity index (χ3n) is 4.08. The van der Waals surface area contributed by atoms with Crippen LogP contribution in [0, 0.1) is 11.8 Å². The van der Waals surface area contributed by atoms with Crippen molar-refractivity contribution in [3.8, 4) is 11.1 Å². The summed E-state index contributed by atoms with van der Waals surface area (Å²) in [5.74, 6) is -3.94. The zero-order valence-corrected chi connectivity index (χ0v) is 13.7. The fourth-order valence-electron chi connectivity index (χ4n) is 2.58. The summed E-state index contributed by atoms with van der Waals surface area (Å²) in [5, 5.41) is 19.6. The highest BCUT2D eigenvalue weighted by atomic mass is 16.4. The molecule has 1 unspecified atom stereocenters. The number of carboxylic acid groups (broad SMARTS) is 2. The van der Waals surface area contributed by atoms with E-state index in [0.29, 0.717) is 0 Å². The topological polar surface area (TPSA) is 104 Å². The van der Waals surface area contributed by atoms with E-state index < -0.39 is 29.8 Å². The van der Waals surface area contributed by atoms with Crippen LogP contribution in [0.3, 0.4) is 0 Å². The Labute approximate surface area is 145 Å². The van der Waals surface area contributed by atoms with Crippen molar-refractivity contribution in [1.82, 2.24) is 5.32 Å². The van der Waals surface area contributed by atoms with Crippen molar-refractivity contribution in [3.05, 3.63) is 60.2 Å². The van der Waals surface area contributed by atoms with Crippen LogP contribution in [0.1, 0.15) is 12.5 Å². The minimum absolute atomic E-state index is 0.141. The number of nitrogens with one attached hydrogen (secondary N) is 1. The third kappa shape index (κ3) is 4.91. The van der Waals surface area contributed by atoms with Crippen LogP contribution in [0.25, 0.3) is 11.1 Å². The van der Waals surface area contributed by atoms with Gasteiger partial charge in [0.2, 0.25) is 5.91 Å². The van der Waals surface area contributed by atoms with Crippen molar-refractivity contribution >= 4 is 18.0 Å². The molecule has 2 aromatic carbocycles. The number of carboxylic acids is 1. The Morgan fingerprint density at radius 3 is 2.00 bits per heavy atom. The van der Waals surface area contributed by atoms with Crippen LogP contribution >= 0.6 is 0 Å². The summed E-state index contributed by atoms with van der Waals surface area (Å²) in [6, 6.07) is 17.2. The van der Waals surface area contributed by atoms with Gasteiger partial charge in [-0.3, -0.25) is 14.9 Å². The largest absolute Gasteiger partial charge is 0.481 e. The van der Waals surface area contributed by atoms with E-state index >= 15 is 0 Å². The molecule has 0 bridgehead atoms.